The van der Waals surface area contributed by atoms with Gasteiger partial charge in [0.05, 0.1) is 11.4 Å². The Balaban J connectivity index is 2.16. The van der Waals surface area contributed by atoms with E-state index >= 15 is 0 Å². The lowest BCUT2D eigenvalue weighted by Crippen LogP contribution is -1.76. The summed E-state index contributed by atoms with van der Waals surface area (Å²) in [5.41, 5.74) is 3.08. The number of hydrogen-bond donors (Lipinski definition) is 1. The third-order valence-electron chi connectivity index (χ3n) is 2.58. The topological polar surface area (TPSA) is 77.2 Å². The molecular weight excluding hydrogens is 226 g/mol. The van der Waals surface area contributed by atoms with Crippen LogP contribution in [0.5, 0.6) is 0 Å². The van der Waals surface area contributed by atoms with Gasteiger partial charge in [-0.05, 0) is 31.0 Å². The van der Waals surface area contributed by atoms with Crippen LogP contribution in [0.4, 0.5) is 11.6 Å². The van der Waals surface area contributed by atoms with Gasteiger partial charge in [0.25, 0.3) is 0 Å². The van der Waals surface area contributed by atoms with Crippen LogP contribution in [0, 0.1) is 18.3 Å². The van der Waals surface area contributed by atoms with Gasteiger partial charge < -0.3 is 4.98 Å². The van der Waals surface area contributed by atoms with Gasteiger partial charge in [-0.25, -0.2) is 0 Å². The Labute approximate surface area is 105 Å². The fraction of sp³-hybridized carbons (Fsp3) is 0.231. The van der Waals surface area contributed by atoms with Crippen molar-refractivity contribution in [2.45, 2.75) is 20.3 Å². The number of aryl methyl sites for hydroxylation is 2. The van der Waals surface area contributed by atoms with Crippen molar-refractivity contribution in [3.05, 3.63) is 41.2 Å². The molecule has 5 nitrogen and oxygen atoms in total. The van der Waals surface area contributed by atoms with Crippen LogP contribution in [0.15, 0.2) is 34.5 Å². The smallest absolute Gasteiger partial charge is 0.248 e. The highest BCUT2D eigenvalue weighted by Gasteiger charge is 2.04. The summed E-state index contributed by atoms with van der Waals surface area (Å²) in [4.78, 5) is 6.89. The molecule has 0 amide bonds. The Kier molecular flexibility index (Phi) is 3.49. The number of nitriles is 1. The Hall–Kier alpha value is -2.48. The average Bonchev–Trinajstić information content (AvgIpc) is 2.77. The second-order valence-corrected chi connectivity index (χ2v) is 3.87. The summed E-state index contributed by atoms with van der Waals surface area (Å²) in [6.07, 6.45) is 1.00. The lowest BCUT2D eigenvalue weighted by atomic mass is 10.2. The normalized spacial score (nSPS) is 10.7. The van der Waals surface area contributed by atoms with Crippen LogP contribution in [0.2, 0.25) is 0 Å². The van der Waals surface area contributed by atoms with Gasteiger partial charge in [0.1, 0.15) is 6.07 Å². The Bertz CT molecular complexity index is 601. The summed E-state index contributed by atoms with van der Waals surface area (Å²) in [6.45, 7) is 3.88. The molecule has 0 saturated heterocycles. The van der Waals surface area contributed by atoms with Crippen LogP contribution in [-0.2, 0) is 6.42 Å². The number of benzene rings is 1. The maximum absolute atomic E-state index is 8.77. The van der Waals surface area contributed by atoms with E-state index in [0.29, 0.717) is 17.3 Å². The first-order valence-electron chi connectivity index (χ1n) is 5.70. The maximum Gasteiger partial charge on any atom is 0.248 e. The minimum Gasteiger partial charge on any atom is -0.324 e. The zero-order chi connectivity index (χ0) is 13.0. The first kappa shape index (κ1) is 12.0. The first-order chi connectivity index (χ1) is 8.72. The number of imidazole rings is 1. The van der Waals surface area contributed by atoms with Crippen molar-refractivity contribution in [1.29, 1.82) is 5.26 Å². The quantitative estimate of drug-likeness (QED) is 0.831. The third kappa shape index (κ3) is 2.61. The van der Waals surface area contributed by atoms with Gasteiger partial charge in [-0.2, -0.15) is 10.2 Å². The van der Waals surface area contributed by atoms with E-state index in [2.05, 4.69) is 27.1 Å². The minimum atomic E-state index is 0.351. The molecule has 0 aliphatic heterocycles. The highest BCUT2D eigenvalue weighted by atomic mass is 15.2. The molecule has 1 aromatic heterocycles. The molecule has 1 N–H and O–H groups in total. The van der Waals surface area contributed by atoms with Gasteiger partial charge in [-0.15, -0.1) is 10.2 Å². The zero-order valence-electron chi connectivity index (χ0n) is 10.3. The summed E-state index contributed by atoms with van der Waals surface area (Å²) in [5.74, 6) is 0.351. The summed E-state index contributed by atoms with van der Waals surface area (Å²) in [5, 5.41) is 16.8. The van der Waals surface area contributed by atoms with Crippen molar-refractivity contribution in [3.8, 4) is 6.07 Å². The molecule has 2 aromatic rings. The second-order valence-electron chi connectivity index (χ2n) is 3.87. The van der Waals surface area contributed by atoms with Crippen LogP contribution >= 0.6 is 0 Å². The molecular formula is C13H13N5. The molecule has 18 heavy (non-hydrogen) atoms. The average molecular weight is 239 g/mol. The Morgan fingerprint density at radius 1 is 1.28 bits per heavy atom. The van der Waals surface area contributed by atoms with Crippen LogP contribution in [0.1, 0.15) is 23.9 Å². The van der Waals surface area contributed by atoms with E-state index in [-0.39, 0.29) is 0 Å². The summed E-state index contributed by atoms with van der Waals surface area (Å²) in [7, 11) is 0. The molecule has 0 atom stereocenters. The third-order valence-corrected chi connectivity index (χ3v) is 2.58. The monoisotopic (exact) mass is 239 g/mol. The number of rotatable bonds is 3. The lowest BCUT2D eigenvalue weighted by molar-refractivity contribution is 1.10. The van der Waals surface area contributed by atoms with Gasteiger partial charge in [0.15, 0.2) is 5.69 Å². The number of hydrogen-bond acceptors (Lipinski definition) is 4. The zero-order valence-corrected chi connectivity index (χ0v) is 10.3. The van der Waals surface area contributed by atoms with Crippen molar-refractivity contribution >= 4 is 11.6 Å². The first-order valence-corrected chi connectivity index (χ1v) is 5.70. The molecule has 90 valence electrons. The van der Waals surface area contributed by atoms with Crippen molar-refractivity contribution < 1.29 is 0 Å². The van der Waals surface area contributed by atoms with Gasteiger partial charge in [0, 0.05) is 0 Å². The Morgan fingerprint density at radius 2 is 2.00 bits per heavy atom. The number of H-pyrrole nitrogens is 1. The highest BCUT2D eigenvalue weighted by Crippen LogP contribution is 2.17. The second kappa shape index (κ2) is 5.23. The predicted molar refractivity (Wildman–Crippen MR) is 68.0 cm³/mol. The molecule has 0 spiro atoms. The molecule has 2 rings (SSSR count). The molecule has 0 aliphatic rings. The fourth-order valence-electron chi connectivity index (χ4n) is 1.50. The van der Waals surface area contributed by atoms with Crippen molar-refractivity contribution in [3.63, 3.8) is 0 Å². The minimum absolute atomic E-state index is 0.351. The SMILES string of the molecule is CCc1ccc(N=Nc2nc(C#N)c(C)[nH]2)cc1. The summed E-state index contributed by atoms with van der Waals surface area (Å²) < 4.78 is 0. The van der Waals surface area contributed by atoms with E-state index in [9.17, 15) is 0 Å². The summed E-state index contributed by atoms with van der Waals surface area (Å²) in [6, 6.07) is 9.83. The standard InChI is InChI=1S/C13H13N5/c1-3-10-4-6-11(7-5-10)17-18-13-15-9(2)12(8-14)16-13/h4-7H,3H2,1-2H3,(H,15,16). The van der Waals surface area contributed by atoms with Crippen molar-refractivity contribution in [2.24, 2.45) is 10.2 Å². The number of nitrogens with one attached hydrogen (secondary N) is 1. The van der Waals surface area contributed by atoms with Crippen LogP contribution in [0.25, 0.3) is 0 Å². The van der Waals surface area contributed by atoms with E-state index in [1.165, 1.54) is 5.56 Å². The lowest BCUT2D eigenvalue weighted by Gasteiger charge is -1.95. The van der Waals surface area contributed by atoms with E-state index < -0.39 is 0 Å². The molecule has 1 aromatic carbocycles. The van der Waals surface area contributed by atoms with E-state index in [1.807, 2.05) is 30.3 Å². The molecule has 0 unspecified atom stereocenters. The van der Waals surface area contributed by atoms with Crippen molar-refractivity contribution in [1.82, 2.24) is 9.97 Å². The number of azo groups is 1. The predicted octanol–water partition coefficient (Wildman–Crippen LogP) is 3.57. The van der Waals surface area contributed by atoms with Gasteiger partial charge >= 0.3 is 0 Å². The molecule has 0 saturated carbocycles. The van der Waals surface area contributed by atoms with E-state index in [0.717, 1.165) is 12.1 Å². The fourth-order valence-corrected chi connectivity index (χ4v) is 1.50. The van der Waals surface area contributed by atoms with Gasteiger partial charge in [0.2, 0.25) is 5.95 Å². The Morgan fingerprint density at radius 3 is 2.56 bits per heavy atom. The maximum atomic E-state index is 8.77. The number of aromatic amines is 1. The summed E-state index contributed by atoms with van der Waals surface area (Å²) >= 11 is 0. The largest absolute Gasteiger partial charge is 0.324 e. The molecule has 0 radical (unpaired) electrons. The molecule has 0 bridgehead atoms. The molecule has 0 aliphatic carbocycles. The molecule has 0 fully saturated rings. The molecule has 5 heteroatoms. The highest BCUT2D eigenvalue weighted by molar-refractivity contribution is 5.39. The van der Waals surface area contributed by atoms with Crippen molar-refractivity contribution in [2.75, 3.05) is 0 Å². The van der Waals surface area contributed by atoms with Crippen LogP contribution in [-0.4, -0.2) is 9.97 Å². The van der Waals surface area contributed by atoms with Gasteiger partial charge in [-0.3, -0.25) is 0 Å². The van der Waals surface area contributed by atoms with Gasteiger partial charge in [-0.1, -0.05) is 19.1 Å². The van der Waals surface area contributed by atoms with E-state index in [1.54, 1.807) is 6.92 Å². The number of aromatic nitrogens is 2. The van der Waals surface area contributed by atoms with Crippen LogP contribution < -0.4 is 0 Å². The van der Waals surface area contributed by atoms with Crippen LogP contribution in [0.3, 0.4) is 0 Å². The number of nitrogens with zero attached hydrogens (tertiary/aromatic N) is 4. The van der Waals surface area contributed by atoms with E-state index in [4.69, 9.17) is 5.26 Å². The molecule has 1 heterocycles.